The van der Waals surface area contributed by atoms with Crippen molar-refractivity contribution in [2.24, 2.45) is 0 Å². The van der Waals surface area contributed by atoms with Gasteiger partial charge in [0.2, 0.25) is 0 Å². The smallest absolute Gasteiger partial charge is 0.256 e. The van der Waals surface area contributed by atoms with E-state index in [-0.39, 0.29) is 12.1 Å². The summed E-state index contributed by atoms with van der Waals surface area (Å²) < 4.78 is 10.5. The Balaban J connectivity index is 2.05. The Morgan fingerprint density at radius 3 is 2.90 bits per heavy atom. The molecule has 0 aliphatic carbocycles. The minimum absolute atomic E-state index is 0.113. The van der Waals surface area contributed by atoms with Gasteiger partial charge in [-0.2, -0.15) is 0 Å². The molecule has 0 spiro atoms. The third-order valence-corrected chi connectivity index (χ3v) is 3.36. The lowest BCUT2D eigenvalue weighted by molar-refractivity contribution is 0.0924. The Kier molecular flexibility index (Phi) is 5.81. The molecule has 2 rings (SSSR count). The van der Waals surface area contributed by atoms with Gasteiger partial charge in [-0.3, -0.25) is 10.2 Å². The van der Waals surface area contributed by atoms with Crippen LogP contribution in [0.15, 0.2) is 18.2 Å². The molecular formula is C14H20ClN3O3. The van der Waals surface area contributed by atoms with Crippen LogP contribution in [0.1, 0.15) is 23.7 Å². The van der Waals surface area contributed by atoms with Crippen molar-refractivity contribution in [1.29, 1.82) is 0 Å². The van der Waals surface area contributed by atoms with Crippen LogP contribution in [0.3, 0.4) is 0 Å². The number of hydrogen-bond donors (Lipinski definition) is 3. The van der Waals surface area contributed by atoms with Crippen LogP contribution in [0.5, 0.6) is 5.75 Å². The predicted octanol–water partition coefficient (Wildman–Crippen LogP) is 1.31. The first kappa shape index (κ1) is 16.0. The standard InChI is InChI=1S/C14H20ClN3O3/c1-9-7-13(18-17-9)16-14(19)11-8-10(15)3-4-12(11)21-6-5-20-2/h3-4,8-9,13,17-18H,5-7H2,1-2H3,(H,16,19). The second kappa shape index (κ2) is 7.61. The van der Waals surface area contributed by atoms with Crippen molar-refractivity contribution in [2.75, 3.05) is 20.3 Å². The van der Waals surface area contributed by atoms with Crippen LogP contribution in [0, 0.1) is 0 Å². The van der Waals surface area contributed by atoms with Crippen LogP contribution in [-0.4, -0.2) is 38.4 Å². The molecule has 116 valence electrons. The molecule has 1 aromatic carbocycles. The normalized spacial score (nSPS) is 21.3. The minimum Gasteiger partial charge on any atom is -0.490 e. The molecular weight excluding hydrogens is 294 g/mol. The summed E-state index contributed by atoms with van der Waals surface area (Å²) in [7, 11) is 1.60. The molecule has 21 heavy (non-hydrogen) atoms. The van der Waals surface area contributed by atoms with Gasteiger partial charge >= 0.3 is 0 Å². The number of carbonyl (C=O) groups excluding carboxylic acids is 1. The van der Waals surface area contributed by atoms with E-state index >= 15 is 0 Å². The maximum Gasteiger partial charge on any atom is 0.256 e. The third kappa shape index (κ3) is 4.57. The maximum absolute atomic E-state index is 12.4. The van der Waals surface area contributed by atoms with Crippen molar-refractivity contribution in [1.82, 2.24) is 16.2 Å². The molecule has 1 saturated heterocycles. The van der Waals surface area contributed by atoms with Crippen molar-refractivity contribution in [3.8, 4) is 5.75 Å². The van der Waals surface area contributed by atoms with Gasteiger partial charge in [0.25, 0.3) is 5.91 Å². The van der Waals surface area contributed by atoms with Crippen LogP contribution in [0.2, 0.25) is 5.02 Å². The number of methoxy groups -OCH3 is 1. The highest BCUT2D eigenvalue weighted by Crippen LogP contribution is 2.23. The average molecular weight is 314 g/mol. The predicted molar refractivity (Wildman–Crippen MR) is 80.4 cm³/mol. The average Bonchev–Trinajstić information content (AvgIpc) is 2.86. The molecule has 0 aromatic heterocycles. The second-order valence-corrected chi connectivity index (χ2v) is 5.37. The van der Waals surface area contributed by atoms with Gasteiger partial charge < -0.3 is 14.8 Å². The molecule has 7 heteroatoms. The number of ether oxygens (including phenoxy) is 2. The molecule has 1 aliphatic heterocycles. The quantitative estimate of drug-likeness (QED) is 0.691. The van der Waals surface area contributed by atoms with E-state index in [1.54, 1.807) is 25.3 Å². The van der Waals surface area contributed by atoms with Crippen LogP contribution in [0.25, 0.3) is 0 Å². The Bertz CT molecular complexity index is 498. The van der Waals surface area contributed by atoms with E-state index in [2.05, 4.69) is 16.2 Å². The molecule has 1 aliphatic rings. The molecule has 2 atom stereocenters. The van der Waals surface area contributed by atoms with E-state index in [1.165, 1.54) is 0 Å². The van der Waals surface area contributed by atoms with Gasteiger partial charge in [0.15, 0.2) is 0 Å². The first-order chi connectivity index (χ1) is 10.1. The lowest BCUT2D eigenvalue weighted by atomic mass is 10.1. The summed E-state index contributed by atoms with van der Waals surface area (Å²) in [4.78, 5) is 12.4. The molecule has 0 radical (unpaired) electrons. The van der Waals surface area contributed by atoms with Crippen molar-refractivity contribution in [3.05, 3.63) is 28.8 Å². The SMILES string of the molecule is COCCOc1ccc(Cl)cc1C(=O)NC1CC(C)NN1. The van der Waals surface area contributed by atoms with Crippen LogP contribution in [0.4, 0.5) is 0 Å². The molecule has 2 unspecified atom stereocenters. The van der Waals surface area contributed by atoms with Gasteiger partial charge in [0, 0.05) is 18.2 Å². The Morgan fingerprint density at radius 2 is 2.24 bits per heavy atom. The minimum atomic E-state index is -0.224. The Hall–Kier alpha value is -1.34. The highest BCUT2D eigenvalue weighted by molar-refractivity contribution is 6.31. The van der Waals surface area contributed by atoms with Gasteiger partial charge in [-0.25, -0.2) is 5.43 Å². The molecule has 1 fully saturated rings. The lowest BCUT2D eigenvalue weighted by Crippen LogP contribution is -2.44. The van der Waals surface area contributed by atoms with Crippen LogP contribution in [-0.2, 0) is 4.74 Å². The largest absolute Gasteiger partial charge is 0.490 e. The second-order valence-electron chi connectivity index (χ2n) is 4.93. The fourth-order valence-corrected chi connectivity index (χ4v) is 2.26. The van der Waals surface area contributed by atoms with E-state index in [0.717, 1.165) is 6.42 Å². The number of nitrogens with one attached hydrogen (secondary N) is 3. The van der Waals surface area contributed by atoms with E-state index in [0.29, 0.717) is 35.6 Å². The fourth-order valence-electron chi connectivity index (χ4n) is 2.09. The number of carbonyl (C=O) groups is 1. The monoisotopic (exact) mass is 313 g/mol. The zero-order valence-electron chi connectivity index (χ0n) is 12.1. The first-order valence-corrected chi connectivity index (χ1v) is 7.21. The van der Waals surface area contributed by atoms with Crippen molar-refractivity contribution in [2.45, 2.75) is 25.6 Å². The highest BCUT2D eigenvalue weighted by Gasteiger charge is 2.23. The topological polar surface area (TPSA) is 71.6 Å². The maximum atomic E-state index is 12.4. The fraction of sp³-hybridized carbons (Fsp3) is 0.500. The number of benzene rings is 1. The van der Waals surface area contributed by atoms with E-state index < -0.39 is 0 Å². The summed E-state index contributed by atoms with van der Waals surface area (Å²) in [5.41, 5.74) is 6.49. The van der Waals surface area contributed by atoms with Crippen molar-refractivity contribution in [3.63, 3.8) is 0 Å². The van der Waals surface area contributed by atoms with E-state index in [4.69, 9.17) is 21.1 Å². The Labute approximate surface area is 129 Å². The lowest BCUT2D eigenvalue weighted by Gasteiger charge is -2.15. The summed E-state index contributed by atoms with van der Waals surface area (Å²) in [5.74, 6) is 0.270. The molecule has 3 N–H and O–H groups in total. The van der Waals surface area contributed by atoms with Gasteiger partial charge in [0.05, 0.1) is 18.3 Å². The number of amides is 1. The van der Waals surface area contributed by atoms with E-state index in [1.807, 2.05) is 6.92 Å². The molecule has 0 saturated carbocycles. The molecule has 1 amide bonds. The van der Waals surface area contributed by atoms with Crippen LogP contribution < -0.4 is 20.9 Å². The zero-order chi connectivity index (χ0) is 15.2. The zero-order valence-corrected chi connectivity index (χ0v) is 12.9. The van der Waals surface area contributed by atoms with Crippen LogP contribution >= 0.6 is 11.6 Å². The first-order valence-electron chi connectivity index (χ1n) is 6.83. The third-order valence-electron chi connectivity index (χ3n) is 3.13. The number of halogens is 1. The number of rotatable bonds is 6. The summed E-state index contributed by atoms with van der Waals surface area (Å²) >= 11 is 5.97. The molecule has 1 heterocycles. The van der Waals surface area contributed by atoms with Gasteiger partial charge in [-0.05, 0) is 31.5 Å². The number of hydrazine groups is 1. The van der Waals surface area contributed by atoms with Crippen molar-refractivity contribution >= 4 is 17.5 Å². The molecule has 6 nitrogen and oxygen atoms in total. The summed E-state index contributed by atoms with van der Waals surface area (Å²) in [6.07, 6.45) is 0.699. The molecule has 1 aromatic rings. The summed E-state index contributed by atoms with van der Waals surface area (Å²) in [5, 5.41) is 3.39. The van der Waals surface area contributed by atoms with Crippen molar-refractivity contribution < 1.29 is 14.3 Å². The van der Waals surface area contributed by atoms with Gasteiger partial charge in [0.1, 0.15) is 12.4 Å². The van der Waals surface area contributed by atoms with E-state index in [9.17, 15) is 4.79 Å². The van der Waals surface area contributed by atoms with Gasteiger partial charge in [-0.15, -0.1) is 0 Å². The highest BCUT2D eigenvalue weighted by atomic mass is 35.5. The number of hydrogen-bond acceptors (Lipinski definition) is 5. The summed E-state index contributed by atoms with van der Waals surface area (Å²) in [6, 6.07) is 5.30. The summed E-state index contributed by atoms with van der Waals surface area (Å²) in [6.45, 7) is 2.87. The Morgan fingerprint density at radius 1 is 1.43 bits per heavy atom. The molecule has 0 bridgehead atoms. The van der Waals surface area contributed by atoms with Gasteiger partial charge in [-0.1, -0.05) is 11.6 Å².